The number of nitrogens with zero attached hydrogens (tertiary/aromatic N) is 3. The van der Waals surface area contributed by atoms with Gasteiger partial charge in [0.05, 0.1) is 12.7 Å². The van der Waals surface area contributed by atoms with E-state index in [-0.39, 0.29) is 5.91 Å². The summed E-state index contributed by atoms with van der Waals surface area (Å²) in [6, 6.07) is 15.7. The summed E-state index contributed by atoms with van der Waals surface area (Å²) >= 11 is 0. The Bertz CT molecular complexity index is 823. The molecule has 0 saturated carbocycles. The van der Waals surface area contributed by atoms with E-state index in [4.69, 9.17) is 5.53 Å². The lowest BCUT2D eigenvalue weighted by molar-refractivity contribution is -0.112. The second kappa shape index (κ2) is 8.90. The number of carbonyl (C=O) groups excluding carboxylic acids is 2. The van der Waals surface area contributed by atoms with Crippen LogP contribution < -0.4 is 5.32 Å². The summed E-state index contributed by atoms with van der Waals surface area (Å²) in [6.07, 6.45) is 1.52. The number of carbonyl (C=O) groups is 2. The molecule has 25 heavy (non-hydrogen) atoms. The minimum absolute atomic E-state index is 0.320. The molecule has 0 heterocycles. The standard InChI is InChI=1S/C18H16N4O3/c1-25-18(24)14-7-9-16(10-8-14)21-17(23)15(12-20-22-19)11-13-5-3-2-4-6-13/h2-10,12H,11H2,1H3,(H,21,23). The first kappa shape index (κ1) is 17.8. The van der Waals surface area contributed by atoms with E-state index in [1.165, 1.54) is 13.3 Å². The lowest BCUT2D eigenvalue weighted by atomic mass is 10.1. The highest BCUT2D eigenvalue weighted by Gasteiger charge is 2.11. The van der Waals surface area contributed by atoms with E-state index in [1.807, 2.05) is 30.3 Å². The van der Waals surface area contributed by atoms with Gasteiger partial charge in [-0.2, -0.15) is 0 Å². The van der Waals surface area contributed by atoms with Crippen LogP contribution >= 0.6 is 0 Å². The van der Waals surface area contributed by atoms with Crippen LogP contribution in [0.5, 0.6) is 0 Å². The zero-order chi connectivity index (χ0) is 18.1. The maximum Gasteiger partial charge on any atom is 0.337 e. The Balaban J connectivity index is 2.14. The third-order valence-electron chi connectivity index (χ3n) is 3.36. The summed E-state index contributed by atoms with van der Waals surface area (Å²) in [6.45, 7) is 0. The molecule has 0 aliphatic carbocycles. The van der Waals surface area contributed by atoms with E-state index in [9.17, 15) is 9.59 Å². The van der Waals surface area contributed by atoms with Crippen molar-refractivity contribution in [2.24, 2.45) is 5.11 Å². The maximum atomic E-state index is 12.4. The molecule has 7 nitrogen and oxygen atoms in total. The van der Waals surface area contributed by atoms with Gasteiger partial charge in [0.25, 0.3) is 5.91 Å². The molecule has 2 aromatic carbocycles. The highest BCUT2D eigenvalue weighted by Crippen LogP contribution is 2.14. The molecule has 1 amide bonds. The number of rotatable bonds is 6. The second-order valence-electron chi connectivity index (χ2n) is 5.04. The summed E-state index contributed by atoms with van der Waals surface area (Å²) in [5.41, 5.74) is 10.6. The van der Waals surface area contributed by atoms with Crippen molar-refractivity contribution < 1.29 is 14.3 Å². The van der Waals surface area contributed by atoms with Crippen LogP contribution in [0.15, 0.2) is 71.5 Å². The molecule has 0 aliphatic rings. The molecule has 0 spiro atoms. The van der Waals surface area contributed by atoms with E-state index < -0.39 is 5.97 Å². The Morgan fingerprint density at radius 2 is 1.84 bits per heavy atom. The van der Waals surface area contributed by atoms with Gasteiger partial charge in [0.2, 0.25) is 0 Å². The molecule has 0 fully saturated rings. The number of ether oxygens (including phenoxy) is 1. The quantitative estimate of drug-likeness (QED) is 0.285. The van der Waals surface area contributed by atoms with Gasteiger partial charge in [0, 0.05) is 28.8 Å². The van der Waals surface area contributed by atoms with Crippen LogP contribution in [0.25, 0.3) is 10.4 Å². The topological polar surface area (TPSA) is 104 Å². The molecule has 0 atom stereocenters. The van der Waals surface area contributed by atoms with E-state index in [2.05, 4.69) is 20.1 Å². The lowest BCUT2D eigenvalue weighted by Crippen LogP contribution is -2.16. The summed E-state index contributed by atoms with van der Waals surface area (Å²) in [4.78, 5) is 26.5. The first-order chi connectivity index (χ1) is 12.1. The van der Waals surface area contributed by atoms with Gasteiger partial charge in [-0.15, -0.1) is 0 Å². The Morgan fingerprint density at radius 3 is 2.44 bits per heavy atom. The van der Waals surface area contributed by atoms with Gasteiger partial charge in [-0.05, 0) is 35.4 Å². The van der Waals surface area contributed by atoms with Crippen LogP contribution in [0.4, 0.5) is 5.69 Å². The summed E-state index contributed by atoms with van der Waals surface area (Å²) in [5.74, 6) is -0.840. The molecule has 2 rings (SSSR count). The van der Waals surface area contributed by atoms with Crippen molar-refractivity contribution in [2.45, 2.75) is 6.42 Å². The van der Waals surface area contributed by atoms with Crippen LogP contribution in [-0.4, -0.2) is 19.0 Å². The van der Waals surface area contributed by atoms with Gasteiger partial charge >= 0.3 is 5.97 Å². The predicted molar refractivity (Wildman–Crippen MR) is 93.8 cm³/mol. The second-order valence-corrected chi connectivity index (χ2v) is 5.04. The minimum atomic E-state index is -0.453. The van der Waals surface area contributed by atoms with Gasteiger partial charge in [-0.3, -0.25) is 4.79 Å². The van der Waals surface area contributed by atoms with E-state index >= 15 is 0 Å². The third-order valence-corrected chi connectivity index (χ3v) is 3.36. The van der Waals surface area contributed by atoms with Crippen LogP contribution in [0.2, 0.25) is 0 Å². The van der Waals surface area contributed by atoms with Gasteiger partial charge in [-0.1, -0.05) is 35.4 Å². The molecule has 0 unspecified atom stereocenters. The molecule has 126 valence electrons. The number of amides is 1. The van der Waals surface area contributed by atoms with E-state index in [0.29, 0.717) is 23.2 Å². The van der Waals surface area contributed by atoms with E-state index in [0.717, 1.165) is 5.56 Å². The molecule has 2 aromatic rings. The molecular formula is C18H16N4O3. The first-order valence-electron chi connectivity index (χ1n) is 7.41. The maximum absolute atomic E-state index is 12.4. The molecule has 7 heteroatoms. The fraction of sp³-hybridized carbons (Fsp3) is 0.111. The molecule has 0 radical (unpaired) electrons. The van der Waals surface area contributed by atoms with Crippen LogP contribution in [0, 0.1) is 0 Å². The van der Waals surface area contributed by atoms with Crippen molar-refractivity contribution in [3.8, 4) is 0 Å². The van der Waals surface area contributed by atoms with E-state index in [1.54, 1.807) is 24.3 Å². The number of esters is 1. The number of methoxy groups -OCH3 is 1. The van der Waals surface area contributed by atoms with Gasteiger partial charge in [-0.25, -0.2) is 4.79 Å². The Morgan fingerprint density at radius 1 is 1.16 bits per heavy atom. The Hall–Kier alpha value is -3.57. The predicted octanol–water partition coefficient (Wildman–Crippen LogP) is 3.85. The average molecular weight is 336 g/mol. The summed E-state index contributed by atoms with van der Waals surface area (Å²) in [7, 11) is 1.30. The number of nitrogens with one attached hydrogen (secondary N) is 1. The number of hydrogen-bond acceptors (Lipinski definition) is 4. The summed E-state index contributed by atoms with van der Waals surface area (Å²) < 4.78 is 4.62. The zero-order valence-electron chi connectivity index (χ0n) is 13.5. The Labute approximate surface area is 144 Å². The van der Waals surface area contributed by atoms with Crippen molar-refractivity contribution in [1.29, 1.82) is 0 Å². The minimum Gasteiger partial charge on any atom is -0.465 e. The summed E-state index contributed by atoms with van der Waals surface area (Å²) in [5, 5.41) is 6.09. The van der Waals surface area contributed by atoms with Crippen molar-refractivity contribution in [1.82, 2.24) is 0 Å². The highest BCUT2D eigenvalue weighted by molar-refractivity contribution is 6.04. The SMILES string of the molecule is COC(=O)c1ccc(NC(=O)C(=CN=[N+]=[N-])Cc2ccccc2)cc1. The number of azide groups is 1. The fourth-order valence-corrected chi connectivity index (χ4v) is 2.11. The lowest BCUT2D eigenvalue weighted by Gasteiger charge is -2.09. The normalized spacial score (nSPS) is 10.5. The molecule has 0 aromatic heterocycles. The number of hydrogen-bond donors (Lipinski definition) is 1. The van der Waals surface area contributed by atoms with Crippen molar-refractivity contribution in [3.05, 3.63) is 87.9 Å². The fourth-order valence-electron chi connectivity index (χ4n) is 2.11. The van der Waals surface area contributed by atoms with Gasteiger partial charge in [0.1, 0.15) is 0 Å². The third kappa shape index (κ3) is 5.23. The molecule has 1 N–H and O–H groups in total. The molecular weight excluding hydrogens is 320 g/mol. The van der Waals surface area contributed by atoms with Crippen molar-refractivity contribution >= 4 is 17.6 Å². The van der Waals surface area contributed by atoms with Crippen LogP contribution in [0.3, 0.4) is 0 Å². The van der Waals surface area contributed by atoms with Crippen LogP contribution in [0.1, 0.15) is 15.9 Å². The van der Waals surface area contributed by atoms with Crippen molar-refractivity contribution in [3.63, 3.8) is 0 Å². The van der Waals surface area contributed by atoms with Crippen molar-refractivity contribution in [2.75, 3.05) is 12.4 Å². The van der Waals surface area contributed by atoms with Gasteiger partial charge in [0.15, 0.2) is 0 Å². The smallest absolute Gasteiger partial charge is 0.337 e. The molecule has 0 aliphatic heterocycles. The molecule has 0 saturated heterocycles. The molecule has 0 bridgehead atoms. The Kier molecular flexibility index (Phi) is 6.33. The zero-order valence-corrected chi connectivity index (χ0v) is 13.5. The average Bonchev–Trinajstić information content (AvgIpc) is 2.65. The highest BCUT2D eigenvalue weighted by atomic mass is 16.5. The number of anilines is 1. The first-order valence-corrected chi connectivity index (χ1v) is 7.41. The number of benzene rings is 2. The monoisotopic (exact) mass is 336 g/mol. The van der Waals surface area contributed by atoms with Crippen LogP contribution in [-0.2, 0) is 16.0 Å². The van der Waals surface area contributed by atoms with Gasteiger partial charge < -0.3 is 10.1 Å². The largest absolute Gasteiger partial charge is 0.465 e.